The average molecular weight is 508 g/mol. The maximum atomic E-state index is 13.3. The Bertz CT molecular complexity index is 1620. The van der Waals surface area contributed by atoms with E-state index in [9.17, 15) is 9.59 Å². The first-order valence-corrected chi connectivity index (χ1v) is 12.0. The van der Waals surface area contributed by atoms with Crippen molar-refractivity contribution < 1.29 is 23.5 Å². The summed E-state index contributed by atoms with van der Waals surface area (Å²) in [4.78, 5) is 28.8. The number of ether oxygens (including phenoxy) is 2. The van der Waals surface area contributed by atoms with Crippen molar-refractivity contribution in [3.63, 3.8) is 0 Å². The van der Waals surface area contributed by atoms with Crippen molar-refractivity contribution in [2.45, 2.75) is 13.3 Å². The normalized spacial score (nSPS) is 11.1. The fraction of sp³-hybridized carbons (Fsp3) is 0.100. The summed E-state index contributed by atoms with van der Waals surface area (Å²) in [6.07, 6.45) is 3.71. The van der Waals surface area contributed by atoms with E-state index in [1.54, 1.807) is 24.3 Å². The largest absolute Gasteiger partial charge is 0.493 e. The number of benzene rings is 3. The topological polar surface area (TPSA) is 106 Å². The van der Waals surface area contributed by atoms with Crippen LogP contribution in [0.5, 0.6) is 11.5 Å². The molecular weight excluding hydrogens is 482 g/mol. The minimum atomic E-state index is -0.638. The van der Waals surface area contributed by atoms with Crippen LogP contribution in [0, 0.1) is 0 Å². The van der Waals surface area contributed by atoms with Crippen LogP contribution in [0.4, 0.5) is 0 Å². The van der Waals surface area contributed by atoms with Crippen LogP contribution in [-0.2, 0) is 6.42 Å². The summed E-state index contributed by atoms with van der Waals surface area (Å²) >= 11 is 0. The van der Waals surface area contributed by atoms with E-state index in [2.05, 4.69) is 28.5 Å². The highest BCUT2D eigenvalue weighted by Crippen LogP contribution is 2.34. The molecule has 0 saturated heterocycles. The van der Waals surface area contributed by atoms with Crippen LogP contribution in [0.2, 0.25) is 0 Å². The number of nitrogens with one attached hydrogen (secondary N) is 2. The number of aromatic amines is 1. The molecule has 5 aromatic rings. The first kappa shape index (κ1) is 24.6. The standard InChI is InChI=1S/C30H25N3O5/c1-3-20-11-7-12-22-26(21-9-5-4-6-10-21)28(32-27(20)22)29(34)33-31-18-19-14-15-23(25(17-19)36-2)38-30(35)24-13-8-16-37-24/h4-18,32H,3H2,1-2H3,(H,33,34). The molecule has 5 rings (SSSR count). The van der Waals surface area contributed by atoms with Gasteiger partial charge in [-0.05, 0) is 53.4 Å². The molecule has 0 bridgehead atoms. The Morgan fingerprint density at radius 2 is 1.84 bits per heavy atom. The summed E-state index contributed by atoms with van der Waals surface area (Å²) in [5.41, 5.74) is 7.51. The summed E-state index contributed by atoms with van der Waals surface area (Å²) in [6, 6.07) is 23.9. The van der Waals surface area contributed by atoms with E-state index in [4.69, 9.17) is 13.9 Å². The smallest absolute Gasteiger partial charge is 0.379 e. The molecule has 0 aliphatic carbocycles. The van der Waals surface area contributed by atoms with Crippen molar-refractivity contribution in [1.82, 2.24) is 10.4 Å². The molecule has 0 spiro atoms. The average Bonchev–Trinajstić information content (AvgIpc) is 3.63. The zero-order valence-electron chi connectivity index (χ0n) is 20.9. The monoisotopic (exact) mass is 507 g/mol. The van der Waals surface area contributed by atoms with Crippen molar-refractivity contribution in [3.8, 4) is 22.6 Å². The highest BCUT2D eigenvalue weighted by atomic mass is 16.6. The Labute approximate surface area is 218 Å². The second kappa shape index (κ2) is 10.9. The zero-order chi connectivity index (χ0) is 26.5. The Hall–Kier alpha value is -5.11. The summed E-state index contributed by atoms with van der Waals surface area (Å²) in [5, 5.41) is 5.13. The summed E-state index contributed by atoms with van der Waals surface area (Å²) < 4.78 is 15.8. The molecule has 0 saturated carbocycles. The van der Waals surface area contributed by atoms with Crippen molar-refractivity contribution in [2.24, 2.45) is 5.10 Å². The second-order valence-electron chi connectivity index (χ2n) is 8.41. The first-order chi connectivity index (χ1) is 18.6. The SMILES string of the molecule is CCc1cccc2c(-c3ccccc3)c(C(=O)NN=Cc3ccc(OC(=O)c4ccco4)c(OC)c3)[nH]c12. The number of esters is 1. The van der Waals surface area contributed by atoms with Gasteiger partial charge in [-0.3, -0.25) is 4.79 Å². The van der Waals surface area contributed by atoms with Gasteiger partial charge in [0.1, 0.15) is 5.69 Å². The lowest BCUT2D eigenvalue weighted by atomic mass is 10.00. The highest BCUT2D eigenvalue weighted by Gasteiger charge is 2.20. The van der Waals surface area contributed by atoms with Gasteiger partial charge >= 0.3 is 5.97 Å². The number of para-hydroxylation sites is 1. The molecule has 0 fully saturated rings. The summed E-state index contributed by atoms with van der Waals surface area (Å²) in [7, 11) is 1.47. The van der Waals surface area contributed by atoms with Crippen molar-refractivity contribution in [3.05, 3.63) is 108 Å². The van der Waals surface area contributed by atoms with E-state index in [0.29, 0.717) is 17.0 Å². The molecule has 0 unspecified atom stereocenters. The van der Waals surface area contributed by atoms with Crippen molar-refractivity contribution >= 4 is 29.0 Å². The van der Waals surface area contributed by atoms with E-state index in [0.717, 1.165) is 34.0 Å². The number of rotatable bonds is 8. The third-order valence-corrected chi connectivity index (χ3v) is 6.08. The van der Waals surface area contributed by atoms with Gasteiger partial charge in [-0.15, -0.1) is 0 Å². The maximum Gasteiger partial charge on any atom is 0.379 e. The van der Waals surface area contributed by atoms with Gasteiger partial charge in [0, 0.05) is 16.5 Å². The molecule has 0 aliphatic rings. The minimum absolute atomic E-state index is 0.0818. The van der Waals surface area contributed by atoms with E-state index in [1.165, 1.54) is 25.7 Å². The van der Waals surface area contributed by atoms with Crippen LogP contribution < -0.4 is 14.9 Å². The maximum absolute atomic E-state index is 13.3. The number of hydrogen-bond acceptors (Lipinski definition) is 6. The number of amides is 1. The number of nitrogens with zero attached hydrogens (tertiary/aromatic N) is 1. The molecule has 8 nitrogen and oxygen atoms in total. The van der Waals surface area contributed by atoms with E-state index < -0.39 is 5.97 Å². The molecule has 3 aromatic carbocycles. The van der Waals surface area contributed by atoms with E-state index in [-0.39, 0.29) is 17.4 Å². The fourth-order valence-corrected chi connectivity index (χ4v) is 4.26. The van der Waals surface area contributed by atoms with Gasteiger partial charge in [0.15, 0.2) is 11.5 Å². The van der Waals surface area contributed by atoms with Crippen LogP contribution in [-0.4, -0.2) is 30.2 Å². The summed E-state index contributed by atoms with van der Waals surface area (Å²) in [6.45, 7) is 2.08. The van der Waals surface area contributed by atoms with Gasteiger partial charge in [-0.25, -0.2) is 10.2 Å². The molecular formula is C30H25N3O5. The Morgan fingerprint density at radius 1 is 1.00 bits per heavy atom. The molecule has 8 heteroatoms. The molecule has 0 aliphatic heterocycles. The number of carbonyl (C=O) groups is 2. The van der Waals surface area contributed by atoms with Crippen LogP contribution in [0.3, 0.4) is 0 Å². The highest BCUT2D eigenvalue weighted by molar-refractivity contribution is 6.10. The van der Waals surface area contributed by atoms with Gasteiger partial charge < -0.3 is 18.9 Å². The number of fused-ring (bicyclic) bond motifs is 1. The van der Waals surface area contributed by atoms with E-state index in [1.807, 2.05) is 42.5 Å². The third kappa shape index (κ3) is 4.92. The number of H-pyrrole nitrogens is 1. The van der Waals surface area contributed by atoms with Gasteiger partial charge in [0.25, 0.3) is 5.91 Å². The molecule has 2 N–H and O–H groups in total. The summed E-state index contributed by atoms with van der Waals surface area (Å²) in [5.74, 6) is -0.366. The minimum Gasteiger partial charge on any atom is -0.493 e. The van der Waals surface area contributed by atoms with Gasteiger partial charge in [0.05, 0.1) is 19.6 Å². The van der Waals surface area contributed by atoms with Gasteiger partial charge in [-0.1, -0.05) is 55.5 Å². The number of hydrogen-bond donors (Lipinski definition) is 2. The lowest BCUT2D eigenvalue weighted by molar-refractivity contribution is 0.0696. The van der Waals surface area contributed by atoms with Crippen molar-refractivity contribution in [1.29, 1.82) is 0 Å². The molecule has 1 amide bonds. The molecule has 2 heterocycles. The first-order valence-electron chi connectivity index (χ1n) is 12.0. The Kier molecular flexibility index (Phi) is 7.04. The number of hydrazone groups is 1. The molecule has 190 valence electrons. The van der Waals surface area contributed by atoms with Gasteiger partial charge in [0.2, 0.25) is 5.76 Å². The number of aryl methyl sites for hydroxylation is 1. The molecule has 0 radical (unpaired) electrons. The van der Waals surface area contributed by atoms with Crippen LogP contribution in [0.1, 0.15) is 39.1 Å². The van der Waals surface area contributed by atoms with Crippen LogP contribution >= 0.6 is 0 Å². The van der Waals surface area contributed by atoms with Crippen LogP contribution in [0.15, 0.2) is 94.6 Å². The lowest BCUT2D eigenvalue weighted by Gasteiger charge is -2.09. The molecule has 2 aromatic heterocycles. The van der Waals surface area contributed by atoms with Crippen LogP contribution in [0.25, 0.3) is 22.0 Å². The van der Waals surface area contributed by atoms with Gasteiger partial charge in [-0.2, -0.15) is 5.10 Å². The lowest BCUT2D eigenvalue weighted by Crippen LogP contribution is -2.19. The van der Waals surface area contributed by atoms with Crippen molar-refractivity contribution in [2.75, 3.05) is 7.11 Å². The second-order valence-corrected chi connectivity index (χ2v) is 8.41. The predicted molar refractivity (Wildman–Crippen MR) is 145 cm³/mol. The quantitative estimate of drug-likeness (QED) is 0.116. The predicted octanol–water partition coefficient (Wildman–Crippen LogP) is 5.98. The van der Waals surface area contributed by atoms with E-state index >= 15 is 0 Å². The molecule has 0 atom stereocenters. The number of aromatic nitrogens is 1. The Morgan fingerprint density at radius 3 is 2.58 bits per heavy atom. The third-order valence-electron chi connectivity index (χ3n) is 6.08. The fourth-order valence-electron chi connectivity index (χ4n) is 4.26. The number of furan rings is 1. The number of carbonyl (C=O) groups excluding carboxylic acids is 2. The molecule has 38 heavy (non-hydrogen) atoms. The number of methoxy groups -OCH3 is 1. The Balaban J connectivity index is 1.38. The zero-order valence-corrected chi connectivity index (χ0v) is 20.9.